The minimum Gasteiger partial charge on any atom is -0.379 e. The zero-order valence-corrected chi connectivity index (χ0v) is 9.95. The number of nitrogens with zero attached hydrogens (tertiary/aromatic N) is 1. The van der Waals surface area contributed by atoms with Crippen molar-refractivity contribution < 1.29 is 14.3 Å². The first kappa shape index (κ1) is 12.8. The number of urea groups is 1. The van der Waals surface area contributed by atoms with E-state index in [1.165, 1.54) is 4.90 Å². The van der Waals surface area contributed by atoms with Gasteiger partial charge in [-0.2, -0.15) is 0 Å². The van der Waals surface area contributed by atoms with E-state index in [0.29, 0.717) is 13.2 Å². The third-order valence-corrected chi connectivity index (χ3v) is 2.42. The molecule has 1 rings (SSSR count). The first-order chi connectivity index (χ1) is 7.50. The highest BCUT2D eigenvalue weighted by Gasteiger charge is 2.21. The van der Waals surface area contributed by atoms with Gasteiger partial charge in [0.05, 0.1) is 12.6 Å². The van der Waals surface area contributed by atoms with Gasteiger partial charge in [0.15, 0.2) is 0 Å². The molecule has 6 nitrogen and oxygen atoms in total. The Hall–Kier alpha value is -1.30. The summed E-state index contributed by atoms with van der Waals surface area (Å²) in [5.41, 5.74) is 0. The molecule has 1 saturated heterocycles. The first-order valence-corrected chi connectivity index (χ1v) is 5.36. The number of ether oxygens (including phenoxy) is 1. The fourth-order valence-corrected chi connectivity index (χ4v) is 1.52. The summed E-state index contributed by atoms with van der Waals surface area (Å²) >= 11 is 0. The molecule has 0 bridgehead atoms. The van der Waals surface area contributed by atoms with E-state index in [4.69, 9.17) is 4.74 Å². The lowest BCUT2D eigenvalue weighted by Gasteiger charge is -2.19. The molecular formula is C10H19N3O3. The van der Waals surface area contributed by atoms with Gasteiger partial charge < -0.3 is 20.3 Å². The quantitative estimate of drug-likeness (QED) is 0.688. The summed E-state index contributed by atoms with van der Waals surface area (Å²) in [4.78, 5) is 24.4. The van der Waals surface area contributed by atoms with Crippen LogP contribution in [0, 0.1) is 0 Å². The van der Waals surface area contributed by atoms with Crippen LogP contribution in [0.3, 0.4) is 0 Å². The Bertz CT molecular complexity index is 262. The Morgan fingerprint density at radius 3 is 2.62 bits per heavy atom. The minimum absolute atomic E-state index is 0.0571. The lowest BCUT2D eigenvalue weighted by molar-refractivity contribution is -0.130. The fourth-order valence-electron chi connectivity index (χ4n) is 1.52. The fraction of sp³-hybridized carbons (Fsp3) is 0.800. The van der Waals surface area contributed by atoms with Gasteiger partial charge in [-0.15, -0.1) is 0 Å². The predicted molar refractivity (Wildman–Crippen MR) is 59.0 cm³/mol. The van der Waals surface area contributed by atoms with Crippen LogP contribution in [0.1, 0.15) is 13.3 Å². The van der Waals surface area contributed by atoms with E-state index in [-0.39, 0.29) is 18.0 Å². The molecule has 2 atom stereocenters. The summed E-state index contributed by atoms with van der Waals surface area (Å²) in [7, 11) is 3.31. The highest BCUT2D eigenvalue weighted by molar-refractivity contribution is 5.86. The smallest absolute Gasteiger partial charge is 0.315 e. The molecule has 2 unspecified atom stereocenters. The molecule has 1 heterocycles. The van der Waals surface area contributed by atoms with Crippen molar-refractivity contribution in [1.29, 1.82) is 0 Å². The second-order valence-electron chi connectivity index (χ2n) is 4.13. The summed E-state index contributed by atoms with van der Waals surface area (Å²) in [6, 6.07) is -0.780. The third-order valence-electron chi connectivity index (χ3n) is 2.42. The number of carbonyl (C=O) groups is 2. The van der Waals surface area contributed by atoms with Gasteiger partial charge in [-0.1, -0.05) is 0 Å². The zero-order chi connectivity index (χ0) is 12.1. The van der Waals surface area contributed by atoms with Gasteiger partial charge in [-0.3, -0.25) is 4.79 Å². The van der Waals surface area contributed by atoms with Crippen LogP contribution in [0.2, 0.25) is 0 Å². The van der Waals surface area contributed by atoms with Crippen LogP contribution in [0.25, 0.3) is 0 Å². The van der Waals surface area contributed by atoms with Crippen molar-refractivity contribution in [2.45, 2.75) is 25.4 Å². The number of hydrogen-bond acceptors (Lipinski definition) is 3. The number of hydrogen-bond donors (Lipinski definition) is 2. The molecule has 0 aliphatic carbocycles. The van der Waals surface area contributed by atoms with E-state index in [1.807, 2.05) is 0 Å². The predicted octanol–water partition coefficient (Wildman–Crippen LogP) is -0.449. The molecule has 0 aromatic heterocycles. The summed E-state index contributed by atoms with van der Waals surface area (Å²) in [5.74, 6) is -0.127. The minimum atomic E-state index is -0.516. The van der Waals surface area contributed by atoms with Gasteiger partial charge in [-0.05, 0) is 13.3 Å². The van der Waals surface area contributed by atoms with Gasteiger partial charge in [0.1, 0.15) is 6.04 Å². The maximum atomic E-state index is 11.5. The molecule has 3 amide bonds. The molecule has 0 radical (unpaired) electrons. The zero-order valence-electron chi connectivity index (χ0n) is 9.95. The Kier molecular flexibility index (Phi) is 4.54. The molecule has 2 N–H and O–H groups in total. The number of nitrogens with one attached hydrogen (secondary N) is 2. The average Bonchev–Trinajstić information content (AvgIpc) is 2.68. The average molecular weight is 229 g/mol. The molecule has 0 aromatic rings. The van der Waals surface area contributed by atoms with Crippen LogP contribution in [0.4, 0.5) is 4.79 Å². The molecule has 1 aliphatic heterocycles. The Balaban J connectivity index is 2.30. The van der Waals surface area contributed by atoms with E-state index in [9.17, 15) is 9.59 Å². The lowest BCUT2D eigenvalue weighted by atomic mass is 10.2. The second-order valence-corrected chi connectivity index (χ2v) is 4.13. The van der Waals surface area contributed by atoms with Gasteiger partial charge in [0, 0.05) is 20.7 Å². The first-order valence-electron chi connectivity index (χ1n) is 5.36. The van der Waals surface area contributed by atoms with Crippen molar-refractivity contribution in [3.63, 3.8) is 0 Å². The summed E-state index contributed by atoms with van der Waals surface area (Å²) in [6.45, 7) is 2.88. The third kappa shape index (κ3) is 3.69. The molecule has 16 heavy (non-hydrogen) atoms. The van der Waals surface area contributed by atoms with Crippen molar-refractivity contribution in [1.82, 2.24) is 15.5 Å². The molecule has 1 aliphatic rings. The van der Waals surface area contributed by atoms with Gasteiger partial charge in [0.2, 0.25) is 5.91 Å². The summed E-state index contributed by atoms with van der Waals surface area (Å²) in [5, 5.41) is 5.35. The van der Waals surface area contributed by atoms with Gasteiger partial charge >= 0.3 is 6.03 Å². The Morgan fingerprint density at radius 1 is 1.44 bits per heavy atom. The van der Waals surface area contributed by atoms with E-state index >= 15 is 0 Å². The van der Waals surface area contributed by atoms with Crippen molar-refractivity contribution in [3.8, 4) is 0 Å². The maximum absolute atomic E-state index is 11.5. The van der Waals surface area contributed by atoms with E-state index < -0.39 is 6.04 Å². The molecule has 0 spiro atoms. The highest BCUT2D eigenvalue weighted by Crippen LogP contribution is 2.02. The normalized spacial score (nSPS) is 21.3. The SMILES string of the molecule is CC(NC(=O)NC1CCOC1)C(=O)N(C)C. The largest absolute Gasteiger partial charge is 0.379 e. The van der Waals surface area contributed by atoms with Gasteiger partial charge in [-0.25, -0.2) is 4.79 Å². The molecule has 0 aromatic carbocycles. The van der Waals surface area contributed by atoms with Crippen LogP contribution < -0.4 is 10.6 Å². The second kappa shape index (κ2) is 5.69. The lowest BCUT2D eigenvalue weighted by Crippen LogP contribution is -2.50. The summed E-state index contributed by atoms with van der Waals surface area (Å²) in [6.07, 6.45) is 0.823. The van der Waals surface area contributed by atoms with Crippen LogP contribution in [-0.4, -0.2) is 56.2 Å². The number of amides is 3. The number of rotatable bonds is 3. The van der Waals surface area contributed by atoms with Crippen LogP contribution >= 0.6 is 0 Å². The molecule has 0 saturated carbocycles. The van der Waals surface area contributed by atoms with Crippen molar-refractivity contribution in [3.05, 3.63) is 0 Å². The summed E-state index contributed by atoms with van der Waals surface area (Å²) < 4.78 is 5.13. The van der Waals surface area contributed by atoms with Crippen molar-refractivity contribution in [2.24, 2.45) is 0 Å². The maximum Gasteiger partial charge on any atom is 0.315 e. The van der Waals surface area contributed by atoms with E-state index in [0.717, 1.165) is 6.42 Å². The number of likely N-dealkylation sites (N-methyl/N-ethyl adjacent to an activating group) is 1. The standard InChI is InChI=1S/C10H19N3O3/c1-7(9(14)13(2)3)11-10(15)12-8-4-5-16-6-8/h7-8H,4-6H2,1-3H3,(H2,11,12,15). The molecule has 6 heteroatoms. The molecule has 92 valence electrons. The molecule has 1 fully saturated rings. The monoisotopic (exact) mass is 229 g/mol. The molecular weight excluding hydrogens is 210 g/mol. The Morgan fingerprint density at radius 2 is 2.12 bits per heavy atom. The van der Waals surface area contributed by atoms with Crippen LogP contribution in [-0.2, 0) is 9.53 Å². The van der Waals surface area contributed by atoms with Crippen molar-refractivity contribution >= 4 is 11.9 Å². The van der Waals surface area contributed by atoms with E-state index in [1.54, 1.807) is 21.0 Å². The highest BCUT2D eigenvalue weighted by atomic mass is 16.5. The number of carbonyl (C=O) groups excluding carboxylic acids is 2. The van der Waals surface area contributed by atoms with Crippen molar-refractivity contribution in [2.75, 3.05) is 27.3 Å². The topological polar surface area (TPSA) is 70.7 Å². The van der Waals surface area contributed by atoms with E-state index in [2.05, 4.69) is 10.6 Å². The van der Waals surface area contributed by atoms with Crippen LogP contribution in [0.15, 0.2) is 0 Å². The Labute approximate surface area is 95.3 Å². The van der Waals surface area contributed by atoms with Gasteiger partial charge in [0.25, 0.3) is 0 Å². The van der Waals surface area contributed by atoms with Crippen LogP contribution in [0.5, 0.6) is 0 Å².